The summed E-state index contributed by atoms with van der Waals surface area (Å²) in [6.45, 7) is 5.24. The van der Waals surface area contributed by atoms with Gasteiger partial charge in [-0.05, 0) is 43.7 Å². The van der Waals surface area contributed by atoms with Gasteiger partial charge < -0.3 is 15.8 Å². The zero-order valence-electron chi connectivity index (χ0n) is 11.7. The Bertz CT molecular complexity index is 467. The number of hydrogen-bond acceptors (Lipinski definition) is 4. The number of benzene rings is 1. The predicted molar refractivity (Wildman–Crippen MR) is 77.3 cm³/mol. The van der Waals surface area contributed by atoms with Crippen molar-refractivity contribution in [3.05, 3.63) is 23.8 Å². The number of nitrogens with one attached hydrogen (secondary N) is 1. The highest BCUT2D eigenvalue weighted by Crippen LogP contribution is 2.48. The van der Waals surface area contributed by atoms with E-state index in [0.29, 0.717) is 29.0 Å². The molecule has 0 aliphatic heterocycles. The lowest BCUT2D eigenvalue weighted by atomic mass is 10.0. The van der Waals surface area contributed by atoms with Crippen LogP contribution in [0.1, 0.15) is 43.5 Å². The molecule has 1 saturated carbocycles. The number of nitrogen functional groups attached to an aromatic ring is 1. The van der Waals surface area contributed by atoms with Crippen molar-refractivity contribution in [3.8, 4) is 0 Å². The second-order valence-corrected chi connectivity index (χ2v) is 5.20. The Morgan fingerprint density at radius 3 is 2.74 bits per heavy atom. The van der Waals surface area contributed by atoms with Gasteiger partial charge in [0.1, 0.15) is 0 Å². The Balaban J connectivity index is 2.15. The van der Waals surface area contributed by atoms with E-state index in [1.807, 2.05) is 0 Å². The Labute approximate surface area is 114 Å². The van der Waals surface area contributed by atoms with Gasteiger partial charge in [-0.2, -0.15) is 0 Å². The monoisotopic (exact) mass is 262 g/mol. The summed E-state index contributed by atoms with van der Waals surface area (Å²) in [5, 5.41) is 3.35. The van der Waals surface area contributed by atoms with Crippen LogP contribution < -0.4 is 11.1 Å². The van der Waals surface area contributed by atoms with Gasteiger partial charge >= 0.3 is 5.97 Å². The summed E-state index contributed by atoms with van der Waals surface area (Å²) in [5.41, 5.74) is 8.20. The second kappa shape index (κ2) is 5.51. The van der Waals surface area contributed by atoms with Crippen molar-refractivity contribution in [2.45, 2.75) is 33.1 Å². The van der Waals surface area contributed by atoms with Gasteiger partial charge in [-0.3, -0.25) is 0 Å². The molecular formula is C15H22N2O2. The molecule has 0 heterocycles. The number of carbonyl (C=O) groups is 1. The van der Waals surface area contributed by atoms with E-state index in [4.69, 9.17) is 10.5 Å². The van der Waals surface area contributed by atoms with Gasteiger partial charge in [-0.15, -0.1) is 0 Å². The molecule has 0 saturated heterocycles. The normalized spacial score (nSPS) is 15.9. The fraction of sp³-hybridized carbons (Fsp3) is 0.533. The third-order valence-corrected chi connectivity index (χ3v) is 3.94. The summed E-state index contributed by atoms with van der Waals surface area (Å²) in [4.78, 5) is 11.9. The van der Waals surface area contributed by atoms with Crippen molar-refractivity contribution >= 4 is 17.3 Å². The Morgan fingerprint density at radius 2 is 2.16 bits per heavy atom. The van der Waals surface area contributed by atoms with Crippen LogP contribution in [-0.2, 0) is 4.74 Å². The first-order chi connectivity index (χ1) is 9.12. The number of ether oxygens (including phenoxy) is 1. The molecular weight excluding hydrogens is 240 g/mol. The molecule has 1 fully saturated rings. The SMILES string of the molecule is CCOC(=O)c1cccc(N)c1NCC1(CC)CC1. The maximum atomic E-state index is 11.9. The fourth-order valence-corrected chi connectivity index (χ4v) is 2.25. The van der Waals surface area contributed by atoms with E-state index in [9.17, 15) is 4.79 Å². The summed E-state index contributed by atoms with van der Waals surface area (Å²) >= 11 is 0. The minimum Gasteiger partial charge on any atom is -0.462 e. The van der Waals surface area contributed by atoms with Crippen LogP contribution in [0.15, 0.2) is 18.2 Å². The van der Waals surface area contributed by atoms with E-state index >= 15 is 0 Å². The highest BCUT2D eigenvalue weighted by Gasteiger charge is 2.40. The number of rotatable bonds is 6. The highest BCUT2D eigenvalue weighted by molar-refractivity contribution is 5.98. The average Bonchev–Trinajstić information content (AvgIpc) is 3.18. The first-order valence-corrected chi connectivity index (χ1v) is 6.91. The molecule has 4 nitrogen and oxygen atoms in total. The minimum absolute atomic E-state index is 0.321. The van der Waals surface area contributed by atoms with Crippen molar-refractivity contribution in [3.63, 3.8) is 0 Å². The standard InChI is InChI=1S/C15H22N2O2/c1-3-15(8-9-15)10-17-13-11(14(18)19-4-2)6-5-7-12(13)16/h5-7,17H,3-4,8-10,16H2,1-2H3. The van der Waals surface area contributed by atoms with Gasteiger partial charge in [0.25, 0.3) is 0 Å². The quantitative estimate of drug-likeness (QED) is 0.611. The van der Waals surface area contributed by atoms with Crippen LogP contribution in [0.2, 0.25) is 0 Å². The first-order valence-electron chi connectivity index (χ1n) is 6.91. The van der Waals surface area contributed by atoms with E-state index in [-0.39, 0.29) is 5.97 Å². The molecule has 1 aromatic carbocycles. The predicted octanol–water partition coefficient (Wildman–Crippen LogP) is 3.05. The zero-order valence-corrected chi connectivity index (χ0v) is 11.7. The van der Waals surface area contributed by atoms with E-state index in [1.165, 1.54) is 12.8 Å². The van der Waals surface area contributed by atoms with Crippen LogP contribution in [0.5, 0.6) is 0 Å². The second-order valence-electron chi connectivity index (χ2n) is 5.20. The summed E-state index contributed by atoms with van der Waals surface area (Å²) in [5.74, 6) is -0.321. The molecule has 104 valence electrons. The average molecular weight is 262 g/mol. The molecule has 0 amide bonds. The smallest absolute Gasteiger partial charge is 0.340 e. The Hall–Kier alpha value is -1.71. The van der Waals surface area contributed by atoms with Crippen molar-refractivity contribution < 1.29 is 9.53 Å². The lowest BCUT2D eigenvalue weighted by Crippen LogP contribution is -2.18. The molecule has 0 radical (unpaired) electrons. The molecule has 1 aliphatic carbocycles. The van der Waals surface area contributed by atoms with E-state index in [1.54, 1.807) is 25.1 Å². The van der Waals surface area contributed by atoms with Gasteiger partial charge in [-0.1, -0.05) is 13.0 Å². The van der Waals surface area contributed by atoms with Crippen LogP contribution in [0.4, 0.5) is 11.4 Å². The number of para-hydroxylation sites is 1. The summed E-state index contributed by atoms with van der Waals surface area (Å²) < 4.78 is 5.06. The highest BCUT2D eigenvalue weighted by atomic mass is 16.5. The van der Waals surface area contributed by atoms with E-state index < -0.39 is 0 Å². The Kier molecular flexibility index (Phi) is 3.98. The first kappa shape index (κ1) is 13.7. The zero-order chi connectivity index (χ0) is 13.9. The maximum absolute atomic E-state index is 11.9. The number of anilines is 2. The van der Waals surface area contributed by atoms with Gasteiger partial charge in [0.05, 0.1) is 23.5 Å². The molecule has 0 atom stereocenters. The van der Waals surface area contributed by atoms with Crippen molar-refractivity contribution in [2.24, 2.45) is 5.41 Å². The van der Waals surface area contributed by atoms with Crippen LogP contribution >= 0.6 is 0 Å². The van der Waals surface area contributed by atoms with E-state index in [2.05, 4.69) is 12.2 Å². The number of nitrogens with two attached hydrogens (primary N) is 1. The largest absolute Gasteiger partial charge is 0.462 e. The van der Waals surface area contributed by atoms with Crippen LogP contribution in [-0.4, -0.2) is 19.1 Å². The van der Waals surface area contributed by atoms with Crippen molar-refractivity contribution in [2.75, 3.05) is 24.2 Å². The van der Waals surface area contributed by atoms with Crippen LogP contribution in [0, 0.1) is 5.41 Å². The number of esters is 1. The molecule has 4 heteroatoms. The number of carbonyl (C=O) groups excluding carboxylic acids is 1. The third kappa shape index (κ3) is 3.00. The summed E-state index contributed by atoms with van der Waals surface area (Å²) in [6, 6.07) is 5.33. The van der Waals surface area contributed by atoms with Gasteiger partial charge in [0.15, 0.2) is 0 Å². The molecule has 1 aliphatic rings. The van der Waals surface area contributed by atoms with Gasteiger partial charge in [0.2, 0.25) is 0 Å². The number of hydrogen-bond donors (Lipinski definition) is 2. The third-order valence-electron chi connectivity index (χ3n) is 3.94. The Morgan fingerprint density at radius 1 is 1.42 bits per heavy atom. The maximum Gasteiger partial charge on any atom is 0.340 e. The van der Waals surface area contributed by atoms with Gasteiger partial charge in [-0.25, -0.2) is 4.79 Å². The van der Waals surface area contributed by atoms with E-state index in [0.717, 1.165) is 13.0 Å². The fourth-order valence-electron chi connectivity index (χ4n) is 2.25. The van der Waals surface area contributed by atoms with Crippen molar-refractivity contribution in [1.82, 2.24) is 0 Å². The van der Waals surface area contributed by atoms with Gasteiger partial charge in [0, 0.05) is 6.54 Å². The summed E-state index contributed by atoms with van der Waals surface area (Å²) in [7, 11) is 0. The topological polar surface area (TPSA) is 64.3 Å². The molecule has 19 heavy (non-hydrogen) atoms. The molecule has 0 spiro atoms. The molecule has 0 aromatic heterocycles. The molecule has 0 unspecified atom stereocenters. The minimum atomic E-state index is -0.321. The molecule has 3 N–H and O–H groups in total. The molecule has 2 rings (SSSR count). The van der Waals surface area contributed by atoms with Crippen molar-refractivity contribution in [1.29, 1.82) is 0 Å². The molecule has 0 bridgehead atoms. The van der Waals surface area contributed by atoms with Crippen LogP contribution in [0.3, 0.4) is 0 Å². The molecule has 1 aromatic rings. The van der Waals surface area contributed by atoms with Crippen LogP contribution in [0.25, 0.3) is 0 Å². The summed E-state index contributed by atoms with van der Waals surface area (Å²) in [6.07, 6.45) is 3.65. The lowest BCUT2D eigenvalue weighted by Gasteiger charge is -2.18. The lowest BCUT2D eigenvalue weighted by molar-refractivity contribution is 0.0527.